The Morgan fingerprint density at radius 1 is 0.438 bits per heavy atom. The van der Waals surface area contributed by atoms with Crippen molar-refractivity contribution in [1.29, 1.82) is 0 Å². The molecule has 0 aromatic carbocycles. The molecule has 2 nitrogen and oxygen atoms in total. The van der Waals surface area contributed by atoms with E-state index in [1.54, 1.807) is 45.3 Å². The third kappa shape index (κ3) is 13.6. The second-order valence-electron chi connectivity index (χ2n) is 13.7. The number of hydrogen-bond donors (Lipinski definition) is 0. The third-order valence-electron chi connectivity index (χ3n) is 9.61. The van der Waals surface area contributed by atoms with Gasteiger partial charge < -0.3 is 0 Å². The molecule has 0 N–H and O–H groups in total. The summed E-state index contributed by atoms with van der Waals surface area (Å²) in [5.41, 5.74) is 2.57. The lowest BCUT2D eigenvalue weighted by molar-refractivity contribution is 0.544. The zero-order valence-electron chi connectivity index (χ0n) is 29.8. The predicted octanol–water partition coefficient (Wildman–Crippen LogP) is 17.0. The van der Waals surface area contributed by atoms with Crippen LogP contribution in [0.5, 0.6) is 0 Å². The van der Waals surface area contributed by atoms with Gasteiger partial charge in [0.1, 0.15) is 10.0 Å². The maximum absolute atomic E-state index is 6.71. The van der Waals surface area contributed by atoms with Crippen molar-refractivity contribution < 1.29 is 0 Å². The van der Waals surface area contributed by atoms with E-state index in [0.717, 1.165) is 42.6 Å². The van der Waals surface area contributed by atoms with E-state index >= 15 is 0 Å². The predicted molar refractivity (Wildman–Crippen MR) is 222 cm³/mol. The van der Waals surface area contributed by atoms with Gasteiger partial charge in [0.15, 0.2) is 9.66 Å². The topological polar surface area (TPSA) is 25.8 Å². The van der Waals surface area contributed by atoms with E-state index in [1.165, 1.54) is 175 Å². The van der Waals surface area contributed by atoms with Crippen molar-refractivity contribution in [2.45, 2.75) is 181 Å². The molecule has 8 heteroatoms. The Bertz CT molecular complexity index is 1280. The van der Waals surface area contributed by atoms with Crippen molar-refractivity contribution in [1.82, 2.24) is 9.97 Å². The Balaban J connectivity index is 1.19. The van der Waals surface area contributed by atoms with E-state index in [2.05, 4.69) is 24.6 Å². The Kier molecular flexibility index (Phi) is 20.0. The first-order valence-electron chi connectivity index (χ1n) is 19.4. The minimum Gasteiger partial charge on any atom is -0.222 e. The van der Waals surface area contributed by atoms with Gasteiger partial charge in [-0.1, -0.05) is 201 Å². The number of nitrogens with zero attached hydrogens (tertiary/aromatic N) is 2. The van der Waals surface area contributed by atoms with Crippen LogP contribution >= 0.6 is 68.5 Å². The summed E-state index contributed by atoms with van der Waals surface area (Å²) in [7, 11) is 0. The normalized spacial score (nSPS) is 11.8. The molecule has 0 saturated heterocycles. The molecule has 0 aliphatic rings. The van der Waals surface area contributed by atoms with Crippen LogP contribution < -0.4 is 0 Å². The van der Waals surface area contributed by atoms with Gasteiger partial charge in [0.05, 0.1) is 19.8 Å². The molecule has 0 aliphatic carbocycles. The van der Waals surface area contributed by atoms with E-state index < -0.39 is 0 Å². The first-order chi connectivity index (χ1) is 23.6. The Labute approximate surface area is 318 Å². The second kappa shape index (κ2) is 23.9. The van der Waals surface area contributed by atoms with Crippen molar-refractivity contribution in [3.8, 4) is 19.8 Å². The fraction of sp³-hybridized carbons (Fsp3) is 0.700. The van der Waals surface area contributed by atoms with Gasteiger partial charge >= 0.3 is 0 Å². The molecule has 4 aromatic rings. The van der Waals surface area contributed by atoms with Crippen LogP contribution in [-0.2, 0) is 12.8 Å². The molecule has 0 aliphatic heterocycles. The van der Waals surface area contributed by atoms with Crippen LogP contribution in [0.15, 0.2) is 10.8 Å². The Morgan fingerprint density at radius 3 is 1.04 bits per heavy atom. The number of thiophene rings is 2. The molecule has 0 amide bonds. The molecular weight excluding hydrogens is 708 g/mol. The van der Waals surface area contributed by atoms with Gasteiger partial charge in [0.2, 0.25) is 0 Å². The van der Waals surface area contributed by atoms with Crippen molar-refractivity contribution in [3.05, 3.63) is 31.9 Å². The van der Waals surface area contributed by atoms with Crippen LogP contribution in [0.4, 0.5) is 0 Å². The molecule has 4 aromatic heterocycles. The maximum atomic E-state index is 6.71. The molecule has 0 unspecified atom stereocenters. The molecular formula is C40H60Cl2N2S4. The number of rotatable bonds is 28. The van der Waals surface area contributed by atoms with E-state index in [9.17, 15) is 0 Å². The van der Waals surface area contributed by atoms with Gasteiger partial charge in [0, 0.05) is 10.8 Å². The van der Waals surface area contributed by atoms with Crippen molar-refractivity contribution >= 4 is 78.2 Å². The summed E-state index contributed by atoms with van der Waals surface area (Å²) < 4.78 is 0. The van der Waals surface area contributed by atoms with Crippen LogP contribution in [0.3, 0.4) is 0 Å². The molecule has 0 fully saturated rings. The van der Waals surface area contributed by atoms with E-state index in [-0.39, 0.29) is 0 Å². The van der Waals surface area contributed by atoms with Gasteiger partial charge in [-0.2, -0.15) is 0 Å². The van der Waals surface area contributed by atoms with Gasteiger partial charge in [-0.25, -0.2) is 9.97 Å². The van der Waals surface area contributed by atoms with E-state index in [4.69, 9.17) is 33.2 Å². The summed E-state index contributed by atoms with van der Waals surface area (Å²) in [6, 6.07) is 0. The van der Waals surface area contributed by atoms with Crippen LogP contribution in [0.25, 0.3) is 29.4 Å². The minimum atomic E-state index is 0.904. The lowest BCUT2D eigenvalue weighted by atomic mass is 10.0. The van der Waals surface area contributed by atoms with Crippen LogP contribution in [0.2, 0.25) is 10.0 Å². The highest BCUT2D eigenvalue weighted by atomic mass is 35.5. The summed E-state index contributed by atoms with van der Waals surface area (Å²) in [6.07, 6.45) is 34.9. The number of halogens is 2. The monoisotopic (exact) mass is 766 g/mol. The summed E-state index contributed by atoms with van der Waals surface area (Å²) in [4.78, 5) is 14.7. The van der Waals surface area contributed by atoms with Crippen molar-refractivity contribution in [2.24, 2.45) is 0 Å². The van der Waals surface area contributed by atoms with Crippen molar-refractivity contribution in [3.63, 3.8) is 0 Å². The SMILES string of the molecule is CCCCCCCCCCCCCCc1c(Cl)csc1-c1nc2sc(-c3scc(Cl)c3CCCCCCCCCCCCCC)nc2s1. The first kappa shape index (κ1) is 40.3. The molecule has 48 heavy (non-hydrogen) atoms. The standard InChI is InChI=1S/C40H60Cl2N2S4/c1-3-5-7-9-11-13-15-17-19-21-23-25-27-31-33(41)29-45-35(31)37-43-39-40(47-37)44-38(48-39)36-32(34(42)30-46-36)28-26-24-22-20-18-16-14-12-10-8-6-4-2/h29-30H,3-28H2,1-2H3. The Hall–Kier alpha value is -0.500. The van der Waals surface area contributed by atoms with Crippen LogP contribution in [-0.4, -0.2) is 9.97 Å². The molecule has 0 atom stereocenters. The summed E-state index contributed by atoms with van der Waals surface area (Å²) in [5.74, 6) is 0. The van der Waals surface area contributed by atoms with Gasteiger partial charge in [-0.15, -0.1) is 22.7 Å². The fourth-order valence-corrected chi connectivity index (χ4v) is 11.7. The van der Waals surface area contributed by atoms with E-state index in [0.29, 0.717) is 0 Å². The molecule has 0 bridgehead atoms. The second-order valence-corrected chi connectivity index (χ2v) is 18.2. The number of unbranched alkanes of at least 4 members (excludes halogenated alkanes) is 22. The quantitative estimate of drug-likeness (QED) is 0.0538. The largest absolute Gasteiger partial charge is 0.222 e. The lowest BCUT2D eigenvalue weighted by Crippen LogP contribution is -1.88. The highest BCUT2D eigenvalue weighted by Gasteiger charge is 2.21. The molecule has 0 radical (unpaired) electrons. The Morgan fingerprint density at radius 2 is 0.729 bits per heavy atom. The van der Waals surface area contributed by atoms with Gasteiger partial charge in [-0.3, -0.25) is 0 Å². The van der Waals surface area contributed by atoms with Crippen molar-refractivity contribution in [2.75, 3.05) is 0 Å². The van der Waals surface area contributed by atoms with Gasteiger partial charge in [0.25, 0.3) is 0 Å². The molecule has 4 rings (SSSR count). The van der Waals surface area contributed by atoms with Gasteiger partial charge in [-0.05, 0) is 36.8 Å². The highest BCUT2D eigenvalue weighted by molar-refractivity contribution is 7.31. The minimum absolute atomic E-state index is 0.904. The van der Waals surface area contributed by atoms with E-state index in [1.807, 2.05) is 0 Å². The maximum Gasteiger partial charge on any atom is 0.155 e. The highest BCUT2D eigenvalue weighted by Crippen LogP contribution is 2.45. The smallest absolute Gasteiger partial charge is 0.155 e. The lowest BCUT2D eigenvalue weighted by Gasteiger charge is -2.05. The molecule has 0 spiro atoms. The summed E-state index contributed by atoms with van der Waals surface area (Å²) >= 11 is 20.3. The van der Waals surface area contributed by atoms with Crippen LogP contribution in [0, 0.1) is 0 Å². The number of aromatic nitrogens is 2. The average Bonchev–Trinajstić information content (AvgIpc) is 3.85. The number of hydrogen-bond acceptors (Lipinski definition) is 6. The number of fused-ring (bicyclic) bond motifs is 1. The van der Waals surface area contributed by atoms with Crippen LogP contribution in [0.1, 0.15) is 179 Å². The molecule has 4 heterocycles. The fourth-order valence-electron chi connectivity index (χ4n) is 6.67. The zero-order chi connectivity index (χ0) is 33.8. The zero-order valence-corrected chi connectivity index (χ0v) is 34.6. The first-order valence-corrected chi connectivity index (χ1v) is 23.6. The third-order valence-corrected chi connectivity index (χ3v) is 14.9. The summed E-state index contributed by atoms with van der Waals surface area (Å²) in [5, 5.41) is 8.14. The molecule has 0 saturated carbocycles. The number of thiazole rings is 2. The summed E-state index contributed by atoms with van der Waals surface area (Å²) in [6.45, 7) is 4.58. The molecule has 268 valence electrons. The average molecular weight is 768 g/mol.